The SMILES string of the molecule is COc1ccccc1NC(=O)C1CCCN(c2nc(-c3ccncn3)cc(=O)n2C)C1. The van der Waals surface area contributed by atoms with Gasteiger partial charge in [0.2, 0.25) is 11.9 Å². The van der Waals surface area contributed by atoms with Crippen molar-refractivity contribution in [2.24, 2.45) is 13.0 Å². The van der Waals surface area contributed by atoms with E-state index in [-0.39, 0.29) is 17.4 Å². The Morgan fingerprint density at radius 1 is 1.23 bits per heavy atom. The predicted octanol–water partition coefficient (Wildman–Crippen LogP) is 2.10. The molecule has 0 aliphatic carbocycles. The van der Waals surface area contributed by atoms with Crippen molar-refractivity contribution in [2.75, 3.05) is 30.4 Å². The van der Waals surface area contributed by atoms with Crippen molar-refractivity contribution in [3.8, 4) is 17.1 Å². The topological polar surface area (TPSA) is 102 Å². The number of aromatic nitrogens is 4. The number of piperidine rings is 1. The van der Waals surface area contributed by atoms with Crippen molar-refractivity contribution >= 4 is 17.5 Å². The fourth-order valence-corrected chi connectivity index (χ4v) is 3.74. The van der Waals surface area contributed by atoms with Gasteiger partial charge in [0.25, 0.3) is 5.56 Å². The molecule has 1 saturated heterocycles. The third kappa shape index (κ3) is 4.40. The molecule has 160 valence electrons. The van der Waals surface area contributed by atoms with Crippen LogP contribution < -0.4 is 20.5 Å². The molecule has 0 radical (unpaired) electrons. The number of hydrogen-bond donors (Lipinski definition) is 1. The highest BCUT2D eigenvalue weighted by Gasteiger charge is 2.28. The number of anilines is 2. The summed E-state index contributed by atoms with van der Waals surface area (Å²) in [5.41, 5.74) is 1.53. The van der Waals surface area contributed by atoms with Crippen LogP contribution in [0.2, 0.25) is 0 Å². The van der Waals surface area contributed by atoms with E-state index < -0.39 is 0 Å². The first kappa shape index (κ1) is 20.5. The molecule has 0 saturated carbocycles. The van der Waals surface area contributed by atoms with Crippen LogP contribution in [0.4, 0.5) is 11.6 Å². The van der Waals surface area contributed by atoms with Gasteiger partial charge < -0.3 is 15.0 Å². The standard InChI is InChI=1S/C22H24N6O3/c1-27-20(29)12-18(16-9-10-23-14-24-16)26-22(27)28-11-5-6-15(13-28)21(30)25-17-7-3-4-8-19(17)31-2/h3-4,7-10,12,14-15H,5-6,11,13H2,1-2H3,(H,25,30). The number of ether oxygens (including phenoxy) is 1. The van der Waals surface area contributed by atoms with Crippen LogP contribution in [0, 0.1) is 5.92 Å². The van der Waals surface area contributed by atoms with Crippen LogP contribution in [-0.2, 0) is 11.8 Å². The summed E-state index contributed by atoms with van der Waals surface area (Å²) in [6.45, 7) is 1.18. The van der Waals surface area contributed by atoms with Crippen LogP contribution in [-0.4, -0.2) is 45.6 Å². The molecule has 31 heavy (non-hydrogen) atoms. The molecule has 1 aliphatic rings. The Kier molecular flexibility index (Phi) is 5.92. The van der Waals surface area contributed by atoms with Gasteiger partial charge in [-0.15, -0.1) is 0 Å². The normalized spacial score (nSPS) is 16.1. The van der Waals surface area contributed by atoms with Gasteiger partial charge in [-0.3, -0.25) is 14.2 Å². The van der Waals surface area contributed by atoms with E-state index in [4.69, 9.17) is 4.74 Å². The molecule has 0 bridgehead atoms. The van der Waals surface area contributed by atoms with Crippen molar-refractivity contribution in [1.29, 1.82) is 0 Å². The number of rotatable bonds is 5. The smallest absolute Gasteiger partial charge is 0.255 e. The second-order valence-corrected chi connectivity index (χ2v) is 7.41. The number of carbonyl (C=O) groups excluding carboxylic acids is 1. The summed E-state index contributed by atoms with van der Waals surface area (Å²) in [5.74, 6) is 0.825. The lowest BCUT2D eigenvalue weighted by Crippen LogP contribution is -2.43. The zero-order valence-electron chi connectivity index (χ0n) is 17.5. The van der Waals surface area contributed by atoms with Crippen molar-refractivity contribution in [3.63, 3.8) is 0 Å². The molecule has 1 unspecified atom stereocenters. The number of nitrogens with one attached hydrogen (secondary N) is 1. The Balaban J connectivity index is 1.56. The average molecular weight is 420 g/mol. The highest BCUT2D eigenvalue weighted by Crippen LogP contribution is 2.27. The highest BCUT2D eigenvalue weighted by atomic mass is 16.5. The molecular formula is C22H24N6O3. The number of amides is 1. The molecule has 1 aliphatic heterocycles. The maximum atomic E-state index is 13.0. The third-order valence-corrected chi connectivity index (χ3v) is 5.40. The lowest BCUT2D eigenvalue weighted by Gasteiger charge is -2.33. The molecule has 9 nitrogen and oxygen atoms in total. The van der Waals surface area contributed by atoms with Gasteiger partial charge >= 0.3 is 0 Å². The monoisotopic (exact) mass is 420 g/mol. The maximum absolute atomic E-state index is 13.0. The summed E-state index contributed by atoms with van der Waals surface area (Å²) < 4.78 is 6.83. The van der Waals surface area contributed by atoms with Crippen LogP contribution in [0.5, 0.6) is 5.75 Å². The Bertz CT molecular complexity index is 1130. The summed E-state index contributed by atoms with van der Waals surface area (Å²) in [6.07, 6.45) is 4.61. The number of nitrogens with zero attached hydrogens (tertiary/aromatic N) is 5. The molecular weight excluding hydrogens is 396 g/mol. The molecule has 1 fully saturated rings. The van der Waals surface area contributed by atoms with Crippen molar-refractivity contribution in [3.05, 3.63) is 59.3 Å². The van der Waals surface area contributed by atoms with Crippen molar-refractivity contribution in [2.45, 2.75) is 12.8 Å². The minimum Gasteiger partial charge on any atom is -0.495 e. The average Bonchev–Trinajstić information content (AvgIpc) is 2.81. The van der Waals surface area contributed by atoms with Gasteiger partial charge in [-0.1, -0.05) is 12.1 Å². The number of methoxy groups -OCH3 is 1. The van der Waals surface area contributed by atoms with E-state index in [1.54, 1.807) is 32.5 Å². The third-order valence-electron chi connectivity index (χ3n) is 5.40. The summed E-state index contributed by atoms with van der Waals surface area (Å²) >= 11 is 0. The second kappa shape index (κ2) is 8.95. The van der Waals surface area contributed by atoms with Gasteiger partial charge in [0, 0.05) is 32.4 Å². The molecule has 4 rings (SSSR count). The van der Waals surface area contributed by atoms with E-state index in [0.717, 1.165) is 12.8 Å². The van der Waals surface area contributed by atoms with E-state index >= 15 is 0 Å². The Morgan fingerprint density at radius 2 is 2.06 bits per heavy atom. The predicted molar refractivity (Wildman–Crippen MR) is 117 cm³/mol. The van der Waals surface area contributed by atoms with Crippen LogP contribution in [0.15, 0.2) is 53.7 Å². The summed E-state index contributed by atoms with van der Waals surface area (Å²) in [6, 6.07) is 10.5. The second-order valence-electron chi connectivity index (χ2n) is 7.41. The molecule has 9 heteroatoms. The molecule has 1 N–H and O–H groups in total. The zero-order valence-corrected chi connectivity index (χ0v) is 17.5. The van der Waals surface area contributed by atoms with Crippen molar-refractivity contribution < 1.29 is 9.53 Å². The number of hydrogen-bond acceptors (Lipinski definition) is 7. The Morgan fingerprint density at radius 3 is 2.84 bits per heavy atom. The molecule has 1 aromatic carbocycles. The highest BCUT2D eigenvalue weighted by molar-refractivity contribution is 5.94. The fraction of sp³-hybridized carbons (Fsp3) is 0.318. The van der Waals surface area contributed by atoms with Crippen LogP contribution >= 0.6 is 0 Å². The van der Waals surface area contributed by atoms with Crippen LogP contribution in [0.1, 0.15) is 12.8 Å². The van der Waals surface area contributed by atoms with Crippen molar-refractivity contribution in [1.82, 2.24) is 19.5 Å². The molecule has 1 amide bonds. The first-order valence-electron chi connectivity index (χ1n) is 10.1. The minimum atomic E-state index is -0.238. The minimum absolute atomic E-state index is 0.0776. The van der Waals surface area contributed by atoms with Gasteiger partial charge in [0.15, 0.2) is 0 Å². The summed E-state index contributed by atoms with van der Waals surface area (Å²) in [7, 11) is 3.26. The fourth-order valence-electron chi connectivity index (χ4n) is 3.74. The van der Waals surface area contributed by atoms with Gasteiger partial charge in [0.05, 0.1) is 30.1 Å². The molecule has 0 spiro atoms. The van der Waals surface area contributed by atoms with E-state index in [1.807, 2.05) is 23.1 Å². The lowest BCUT2D eigenvalue weighted by atomic mass is 9.97. The molecule has 3 heterocycles. The molecule has 3 aromatic rings. The van der Waals surface area contributed by atoms with Crippen LogP contribution in [0.3, 0.4) is 0 Å². The Labute approximate surface area is 179 Å². The first-order valence-corrected chi connectivity index (χ1v) is 10.1. The molecule has 2 aromatic heterocycles. The van der Waals surface area contributed by atoms with E-state index in [2.05, 4.69) is 20.3 Å². The Hall–Kier alpha value is -3.75. The maximum Gasteiger partial charge on any atom is 0.255 e. The van der Waals surface area contributed by atoms with Crippen LogP contribution in [0.25, 0.3) is 11.4 Å². The summed E-state index contributed by atoms with van der Waals surface area (Å²) in [5, 5.41) is 2.97. The number of benzene rings is 1. The van der Waals surface area contributed by atoms with Gasteiger partial charge in [-0.2, -0.15) is 0 Å². The van der Waals surface area contributed by atoms with Gasteiger partial charge in [-0.25, -0.2) is 15.0 Å². The van der Waals surface area contributed by atoms with E-state index in [9.17, 15) is 9.59 Å². The number of carbonyl (C=O) groups is 1. The van der Waals surface area contributed by atoms with E-state index in [0.29, 0.717) is 41.9 Å². The zero-order chi connectivity index (χ0) is 21.8. The summed E-state index contributed by atoms with van der Waals surface area (Å²) in [4.78, 5) is 40.3. The first-order chi connectivity index (χ1) is 15.1. The van der Waals surface area contributed by atoms with E-state index in [1.165, 1.54) is 17.0 Å². The van der Waals surface area contributed by atoms with Gasteiger partial charge in [-0.05, 0) is 31.0 Å². The lowest BCUT2D eigenvalue weighted by molar-refractivity contribution is -0.120. The van der Waals surface area contributed by atoms with Gasteiger partial charge in [0.1, 0.15) is 12.1 Å². The number of para-hydroxylation sites is 2. The quantitative estimate of drug-likeness (QED) is 0.674. The molecule has 1 atom stereocenters. The largest absolute Gasteiger partial charge is 0.495 e.